The number of Topliss-reactive ketones (excluding diaryl/α,β-unsaturated/α-hetero) is 1. The van der Waals surface area contributed by atoms with Crippen LogP contribution in [-0.4, -0.2) is 25.0 Å². The molecule has 0 fully saturated rings. The number of rotatable bonds is 6. The lowest BCUT2D eigenvalue weighted by Crippen LogP contribution is -2.19. The van der Waals surface area contributed by atoms with Crippen LogP contribution in [-0.2, 0) is 19.7 Å². The molecule has 1 aromatic rings. The van der Waals surface area contributed by atoms with Gasteiger partial charge < -0.3 is 9.47 Å². The van der Waals surface area contributed by atoms with Gasteiger partial charge in [-0.2, -0.15) is 0 Å². The molecule has 20 heavy (non-hydrogen) atoms. The van der Waals surface area contributed by atoms with Crippen LogP contribution in [0.1, 0.15) is 39.7 Å². The molecule has 0 aliphatic heterocycles. The molecule has 0 atom stereocenters. The molecule has 0 bridgehead atoms. The molecule has 1 aromatic carbocycles. The van der Waals surface area contributed by atoms with Gasteiger partial charge in [0.05, 0.1) is 6.61 Å². The van der Waals surface area contributed by atoms with Crippen molar-refractivity contribution in [1.82, 2.24) is 0 Å². The number of carbonyl (C=O) groups is 2. The van der Waals surface area contributed by atoms with E-state index >= 15 is 0 Å². The minimum Gasteiger partial charge on any atom is -0.486 e. The Morgan fingerprint density at radius 1 is 1.15 bits per heavy atom. The van der Waals surface area contributed by atoms with Crippen LogP contribution in [0.15, 0.2) is 24.3 Å². The molecular formula is C16H22O4. The molecule has 4 nitrogen and oxygen atoms in total. The van der Waals surface area contributed by atoms with Crippen molar-refractivity contribution < 1.29 is 19.1 Å². The summed E-state index contributed by atoms with van der Waals surface area (Å²) in [5.41, 5.74) is 0.963. The highest BCUT2D eigenvalue weighted by molar-refractivity contribution is 5.96. The molecule has 4 heteroatoms. The molecule has 0 saturated heterocycles. The van der Waals surface area contributed by atoms with Crippen molar-refractivity contribution in [2.75, 3.05) is 13.2 Å². The zero-order valence-electron chi connectivity index (χ0n) is 12.6. The molecule has 0 aliphatic rings. The van der Waals surface area contributed by atoms with E-state index in [9.17, 15) is 9.59 Å². The summed E-state index contributed by atoms with van der Waals surface area (Å²) >= 11 is 0. The van der Waals surface area contributed by atoms with E-state index in [0.717, 1.165) is 5.56 Å². The Balaban J connectivity index is 2.62. The summed E-state index contributed by atoms with van der Waals surface area (Å²) in [5.74, 6) is -0.116. The zero-order valence-corrected chi connectivity index (χ0v) is 12.6. The van der Waals surface area contributed by atoms with Gasteiger partial charge in [-0.25, -0.2) is 0 Å². The van der Waals surface area contributed by atoms with Gasteiger partial charge in [0.15, 0.2) is 5.78 Å². The smallest absolute Gasteiger partial charge is 0.313 e. The van der Waals surface area contributed by atoms with Crippen LogP contribution in [0.2, 0.25) is 0 Å². The summed E-state index contributed by atoms with van der Waals surface area (Å²) in [6, 6.07) is 7.61. The summed E-state index contributed by atoms with van der Waals surface area (Å²) in [6.45, 7) is 8.10. The Bertz CT molecular complexity index is 472. The largest absolute Gasteiger partial charge is 0.486 e. The predicted octanol–water partition coefficient (Wildman–Crippen LogP) is 2.89. The fraction of sp³-hybridized carbons (Fsp3) is 0.500. The number of benzene rings is 1. The van der Waals surface area contributed by atoms with E-state index in [4.69, 9.17) is 9.47 Å². The second-order valence-corrected chi connectivity index (χ2v) is 5.56. The molecule has 1 rings (SSSR count). The molecule has 0 heterocycles. The summed E-state index contributed by atoms with van der Waals surface area (Å²) in [4.78, 5) is 22.8. The molecule has 0 spiro atoms. The Kier molecular flexibility index (Phi) is 5.74. The van der Waals surface area contributed by atoms with Crippen molar-refractivity contribution in [3.05, 3.63) is 29.8 Å². The third-order valence-electron chi connectivity index (χ3n) is 2.73. The van der Waals surface area contributed by atoms with E-state index in [1.807, 2.05) is 24.3 Å². The number of ether oxygens (including phenoxy) is 2. The summed E-state index contributed by atoms with van der Waals surface area (Å²) in [6.07, 6.45) is -0.245. The lowest BCUT2D eigenvalue weighted by atomic mass is 9.86. The first-order chi connectivity index (χ1) is 9.34. The van der Waals surface area contributed by atoms with E-state index < -0.39 is 5.97 Å². The van der Waals surface area contributed by atoms with Crippen molar-refractivity contribution in [2.45, 2.75) is 39.5 Å². The first-order valence-electron chi connectivity index (χ1n) is 6.74. The standard InChI is InChI=1S/C16H22O4/c1-5-19-15(18)10-12(17)11-20-14-9-7-6-8-13(14)16(2,3)4/h6-9H,5,10-11H2,1-4H3. The molecular weight excluding hydrogens is 256 g/mol. The average Bonchev–Trinajstić information content (AvgIpc) is 2.36. The summed E-state index contributed by atoms with van der Waals surface area (Å²) < 4.78 is 10.3. The summed E-state index contributed by atoms with van der Waals surface area (Å²) in [7, 11) is 0. The van der Waals surface area contributed by atoms with Gasteiger partial charge in [-0.05, 0) is 24.0 Å². The fourth-order valence-electron chi connectivity index (χ4n) is 1.79. The third-order valence-corrected chi connectivity index (χ3v) is 2.73. The summed E-state index contributed by atoms with van der Waals surface area (Å²) in [5, 5.41) is 0. The van der Waals surface area contributed by atoms with Crippen LogP contribution in [0.3, 0.4) is 0 Å². The second-order valence-electron chi connectivity index (χ2n) is 5.56. The Morgan fingerprint density at radius 2 is 1.80 bits per heavy atom. The fourth-order valence-corrected chi connectivity index (χ4v) is 1.79. The molecule has 0 unspecified atom stereocenters. The Morgan fingerprint density at radius 3 is 2.40 bits per heavy atom. The van der Waals surface area contributed by atoms with Gasteiger partial charge in [0.2, 0.25) is 0 Å². The third kappa shape index (κ3) is 5.03. The van der Waals surface area contributed by atoms with Gasteiger partial charge >= 0.3 is 5.97 Å². The number of para-hydroxylation sites is 1. The molecule has 0 aliphatic carbocycles. The topological polar surface area (TPSA) is 52.6 Å². The van der Waals surface area contributed by atoms with E-state index in [0.29, 0.717) is 5.75 Å². The van der Waals surface area contributed by atoms with Crippen molar-refractivity contribution in [2.24, 2.45) is 0 Å². The van der Waals surface area contributed by atoms with Crippen LogP contribution in [0.25, 0.3) is 0 Å². The van der Waals surface area contributed by atoms with Crippen LogP contribution in [0, 0.1) is 0 Å². The van der Waals surface area contributed by atoms with Gasteiger partial charge in [0, 0.05) is 0 Å². The van der Waals surface area contributed by atoms with E-state index in [-0.39, 0.29) is 30.8 Å². The van der Waals surface area contributed by atoms with Crippen molar-refractivity contribution in [1.29, 1.82) is 0 Å². The normalized spacial score (nSPS) is 11.0. The molecule has 110 valence electrons. The predicted molar refractivity (Wildman–Crippen MR) is 76.9 cm³/mol. The minimum atomic E-state index is -0.509. The SMILES string of the molecule is CCOC(=O)CC(=O)COc1ccccc1C(C)(C)C. The first kappa shape index (κ1) is 16.2. The number of hydrogen-bond donors (Lipinski definition) is 0. The molecule has 0 amide bonds. The van der Waals surface area contributed by atoms with E-state index in [1.165, 1.54) is 0 Å². The van der Waals surface area contributed by atoms with Crippen molar-refractivity contribution in [3.8, 4) is 5.75 Å². The average molecular weight is 278 g/mol. The highest BCUT2D eigenvalue weighted by Crippen LogP contribution is 2.30. The number of hydrogen-bond acceptors (Lipinski definition) is 4. The highest BCUT2D eigenvalue weighted by atomic mass is 16.5. The van der Waals surface area contributed by atoms with Crippen LogP contribution in [0.5, 0.6) is 5.75 Å². The lowest BCUT2D eigenvalue weighted by molar-refractivity contribution is -0.145. The zero-order chi connectivity index (χ0) is 15.2. The van der Waals surface area contributed by atoms with Gasteiger partial charge in [0.1, 0.15) is 18.8 Å². The van der Waals surface area contributed by atoms with E-state index in [2.05, 4.69) is 20.8 Å². The maximum absolute atomic E-state index is 11.6. The van der Waals surface area contributed by atoms with Crippen LogP contribution >= 0.6 is 0 Å². The van der Waals surface area contributed by atoms with Gasteiger partial charge in [-0.3, -0.25) is 9.59 Å². The quantitative estimate of drug-likeness (QED) is 0.593. The van der Waals surface area contributed by atoms with E-state index in [1.54, 1.807) is 6.92 Å². The monoisotopic (exact) mass is 278 g/mol. The Labute approximate surface area is 120 Å². The highest BCUT2D eigenvalue weighted by Gasteiger charge is 2.19. The Hall–Kier alpha value is -1.84. The number of ketones is 1. The maximum Gasteiger partial charge on any atom is 0.313 e. The van der Waals surface area contributed by atoms with Crippen molar-refractivity contribution in [3.63, 3.8) is 0 Å². The second kappa shape index (κ2) is 7.08. The molecule has 0 radical (unpaired) electrons. The van der Waals surface area contributed by atoms with Crippen molar-refractivity contribution >= 4 is 11.8 Å². The molecule has 0 N–H and O–H groups in total. The number of carbonyl (C=O) groups excluding carboxylic acids is 2. The molecule has 0 saturated carbocycles. The van der Waals surface area contributed by atoms with Crippen LogP contribution < -0.4 is 4.74 Å². The number of esters is 1. The first-order valence-corrected chi connectivity index (χ1v) is 6.74. The molecule has 0 aromatic heterocycles. The lowest BCUT2D eigenvalue weighted by Gasteiger charge is -2.22. The van der Waals surface area contributed by atoms with Gasteiger partial charge in [-0.1, -0.05) is 39.0 Å². The maximum atomic E-state index is 11.6. The van der Waals surface area contributed by atoms with Gasteiger partial charge in [0.25, 0.3) is 0 Å². The van der Waals surface area contributed by atoms with Gasteiger partial charge in [-0.15, -0.1) is 0 Å². The van der Waals surface area contributed by atoms with Crippen LogP contribution in [0.4, 0.5) is 0 Å². The minimum absolute atomic E-state index is 0.0687.